The van der Waals surface area contributed by atoms with Gasteiger partial charge in [-0.1, -0.05) is 17.7 Å². The maximum Gasteiger partial charge on any atom is 0.254 e. The first-order valence-electron chi connectivity index (χ1n) is 6.94. The Bertz CT molecular complexity index is 663. The predicted molar refractivity (Wildman–Crippen MR) is 82.0 cm³/mol. The van der Waals surface area contributed by atoms with Crippen molar-refractivity contribution in [3.8, 4) is 5.69 Å². The van der Waals surface area contributed by atoms with E-state index in [1.165, 1.54) is 0 Å². The maximum atomic E-state index is 12.2. The first kappa shape index (κ1) is 14.1. The largest absolute Gasteiger partial charge is 0.352 e. The fraction of sp³-hybridized carbons (Fsp3) is 0.333. The van der Waals surface area contributed by atoms with E-state index in [9.17, 15) is 4.79 Å². The van der Waals surface area contributed by atoms with Gasteiger partial charge in [0.25, 0.3) is 5.91 Å². The van der Waals surface area contributed by atoms with E-state index in [2.05, 4.69) is 15.7 Å². The first-order chi connectivity index (χ1) is 10.1. The molecule has 3 rings (SSSR count). The smallest absolute Gasteiger partial charge is 0.254 e. The van der Waals surface area contributed by atoms with E-state index in [0.29, 0.717) is 23.0 Å². The van der Waals surface area contributed by atoms with Gasteiger partial charge in [-0.15, -0.1) is 0 Å². The Balaban J connectivity index is 1.76. The Morgan fingerprint density at radius 1 is 1.52 bits per heavy atom. The molecule has 0 atom stereocenters. The summed E-state index contributed by atoms with van der Waals surface area (Å²) in [5, 5.41) is 11.1. The van der Waals surface area contributed by atoms with E-state index in [1.54, 1.807) is 10.9 Å². The van der Waals surface area contributed by atoms with Crippen LogP contribution >= 0.6 is 11.6 Å². The molecule has 0 spiro atoms. The Labute approximate surface area is 128 Å². The normalized spacial score (nSPS) is 14.8. The molecule has 1 aliphatic heterocycles. The van der Waals surface area contributed by atoms with Crippen molar-refractivity contribution in [2.24, 2.45) is 5.92 Å². The zero-order valence-electron chi connectivity index (χ0n) is 11.8. The molecule has 1 aliphatic rings. The predicted octanol–water partition coefficient (Wildman–Crippen LogP) is 1.78. The molecule has 0 radical (unpaired) electrons. The number of carbonyl (C=O) groups is 1. The molecule has 1 aromatic carbocycles. The molecule has 1 aromatic heterocycles. The van der Waals surface area contributed by atoms with Crippen LogP contribution in [0.1, 0.15) is 16.1 Å². The van der Waals surface area contributed by atoms with Crippen molar-refractivity contribution in [2.75, 3.05) is 19.6 Å². The lowest BCUT2D eigenvalue weighted by Gasteiger charge is -2.27. The molecular weight excluding hydrogens is 288 g/mol. The van der Waals surface area contributed by atoms with E-state index >= 15 is 0 Å². The quantitative estimate of drug-likeness (QED) is 0.905. The van der Waals surface area contributed by atoms with E-state index < -0.39 is 0 Å². The molecule has 2 aromatic rings. The summed E-state index contributed by atoms with van der Waals surface area (Å²) in [6, 6.07) is 7.41. The number of nitrogens with one attached hydrogen (secondary N) is 2. The Morgan fingerprint density at radius 2 is 2.33 bits per heavy atom. The van der Waals surface area contributed by atoms with Crippen LogP contribution in [-0.4, -0.2) is 35.3 Å². The summed E-state index contributed by atoms with van der Waals surface area (Å²) in [5.41, 5.74) is 2.26. The van der Waals surface area contributed by atoms with Crippen molar-refractivity contribution >= 4 is 17.5 Å². The van der Waals surface area contributed by atoms with Crippen molar-refractivity contribution in [1.29, 1.82) is 0 Å². The molecule has 6 heteroatoms. The summed E-state index contributed by atoms with van der Waals surface area (Å²) in [6.07, 6.45) is 1.60. The van der Waals surface area contributed by atoms with Gasteiger partial charge in [-0.3, -0.25) is 4.79 Å². The minimum atomic E-state index is -0.0762. The van der Waals surface area contributed by atoms with Crippen LogP contribution < -0.4 is 10.6 Å². The van der Waals surface area contributed by atoms with Gasteiger partial charge in [-0.2, -0.15) is 5.10 Å². The minimum absolute atomic E-state index is 0.0762. The number of carbonyl (C=O) groups excluding carboxylic acids is 1. The first-order valence-corrected chi connectivity index (χ1v) is 7.32. The van der Waals surface area contributed by atoms with Crippen LogP contribution in [0.15, 0.2) is 30.5 Å². The molecule has 0 saturated carbocycles. The fourth-order valence-corrected chi connectivity index (χ4v) is 2.51. The number of hydrogen-bond acceptors (Lipinski definition) is 3. The SMILES string of the molecule is Cc1c(C(=O)NCC2CNC2)cnn1-c1cccc(Cl)c1. The summed E-state index contributed by atoms with van der Waals surface area (Å²) in [4.78, 5) is 12.2. The van der Waals surface area contributed by atoms with Gasteiger partial charge >= 0.3 is 0 Å². The van der Waals surface area contributed by atoms with Gasteiger partial charge in [0.15, 0.2) is 0 Å². The molecule has 2 heterocycles. The van der Waals surface area contributed by atoms with Crippen molar-refractivity contribution in [2.45, 2.75) is 6.92 Å². The highest BCUT2D eigenvalue weighted by Gasteiger charge is 2.20. The van der Waals surface area contributed by atoms with E-state index in [0.717, 1.165) is 24.5 Å². The summed E-state index contributed by atoms with van der Waals surface area (Å²) in [5.74, 6) is 0.463. The van der Waals surface area contributed by atoms with E-state index in [1.807, 2.05) is 31.2 Å². The molecule has 0 bridgehead atoms. The molecule has 0 unspecified atom stereocenters. The second-order valence-corrected chi connectivity index (χ2v) is 5.71. The van der Waals surface area contributed by atoms with Gasteiger partial charge < -0.3 is 10.6 Å². The number of amides is 1. The second-order valence-electron chi connectivity index (χ2n) is 5.27. The van der Waals surface area contributed by atoms with Crippen LogP contribution in [0.5, 0.6) is 0 Å². The average molecular weight is 305 g/mol. The van der Waals surface area contributed by atoms with Crippen molar-refractivity contribution in [3.63, 3.8) is 0 Å². The van der Waals surface area contributed by atoms with Gasteiger partial charge in [0.05, 0.1) is 23.1 Å². The van der Waals surface area contributed by atoms with Crippen LogP contribution in [0.25, 0.3) is 5.69 Å². The fourth-order valence-electron chi connectivity index (χ4n) is 2.33. The number of nitrogens with zero attached hydrogens (tertiary/aromatic N) is 2. The number of benzene rings is 1. The standard InChI is InChI=1S/C15H17ClN4O/c1-10-14(15(21)18-8-11-6-17-7-11)9-19-20(10)13-4-2-3-12(16)5-13/h2-5,9,11,17H,6-8H2,1H3,(H,18,21). The highest BCUT2D eigenvalue weighted by Crippen LogP contribution is 2.18. The van der Waals surface area contributed by atoms with Crippen LogP contribution in [-0.2, 0) is 0 Å². The number of halogens is 1. The highest BCUT2D eigenvalue weighted by atomic mass is 35.5. The van der Waals surface area contributed by atoms with Gasteiger partial charge in [0.2, 0.25) is 0 Å². The Kier molecular flexibility index (Phi) is 3.94. The molecule has 1 fully saturated rings. The van der Waals surface area contributed by atoms with Gasteiger partial charge in [-0.05, 0) is 25.1 Å². The molecule has 1 saturated heterocycles. The van der Waals surface area contributed by atoms with Gasteiger partial charge in [-0.25, -0.2) is 4.68 Å². The zero-order chi connectivity index (χ0) is 14.8. The lowest BCUT2D eigenvalue weighted by molar-refractivity contribution is 0.0941. The molecule has 1 amide bonds. The monoisotopic (exact) mass is 304 g/mol. The molecule has 0 aliphatic carbocycles. The second kappa shape index (κ2) is 5.87. The van der Waals surface area contributed by atoms with Crippen molar-refractivity contribution in [3.05, 3.63) is 46.7 Å². The minimum Gasteiger partial charge on any atom is -0.352 e. The number of aromatic nitrogens is 2. The van der Waals surface area contributed by atoms with E-state index in [-0.39, 0.29) is 5.91 Å². The lowest BCUT2D eigenvalue weighted by atomic mass is 10.0. The Morgan fingerprint density at radius 3 is 3.00 bits per heavy atom. The highest BCUT2D eigenvalue weighted by molar-refractivity contribution is 6.30. The van der Waals surface area contributed by atoms with Crippen molar-refractivity contribution in [1.82, 2.24) is 20.4 Å². The van der Waals surface area contributed by atoms with Crippen LogP contribution in [0.3, 0.4) is 0 Å². The summed E-state index contributed by atoms with van der Waals surface area (Å²) in [6.45, 7) is 4.53. The maximum absolute atomic E-state index is 12.2. The summed E-state index contributed by atoms with van der Waals surface area (Å²) in [7, 11) is 0. The average Bonchev–Trinajstić information content (AvgIpc) is 2.78. The molecular formula is C15H17ClN4O. The van der Waals surface area contributed by atoms with Gasteiger partial charge in [0, 0.05) is 30.6 Å². The number of rotatable bonds is 4. The summed E-state index contributed by atoms with van der Waals surface area (Å²) < 4.78 is 1.73. The van der Waals surface area contributed by atoms with E-state index in [4.69, 9.17) is 11.6 Å². The zero-order valence-corrected chi connectivity index (χ0v) is 12.5. The third kappa shape index (κ3) is 2.94. The molecule has 21 heavy (non-hydrogen) atoms. The molecule has 5 nitrogen and oxygen atoms in total. The third-order valence-electron chi connectivity index (χ3n) is 3.72. The molecule has 110 valence electrons. The Hall–Kier alpha value is -1.85. The lowest BCUT2D eigenvalue weighted by Crippen LogP contribution is -2.48. The third-order valence-corrected chi connectivity index (χ3v) is 3.96. The summed E-state index contributed by atoms with van der Waals surface area (Å²) >= 11 is 6.00. The van der Waals surface area contributed by atoms with Gasteiger partial charge in [0.1, 0.15) is 0 Å². The van der Waals surface area contributed by atoms with Crippen LogP contribution in [0, 0.1) is 12.8 Å². The topological polar surface area (TPSA) is 59.0 Å². The van der Waals surface area contributed by atoms with Crippen molar-refractivity contribution < 1.29 is 4.79 Å². The molecule has 2 N–H and O–H groups in total. The number of hydrogen-bond donors (Lipinski definition) is 2. The van der Waals surface area contributed by atoms with Crippen LogP contribution in [0.2, 0.25) is 5.02 Å². The van der Waals surface area contributed by atoms with Crippen LogP contribution in [0.4, 0.5) is 0 Å².